The van der Waals surface area contributed by atoms with Gasteiger partial charge in [-0.25, -0.2) is 0 Å². The molecule has 2 aliphatic rings. The molecular weight excluding hydrogens is 186 g/mol. The first-order valence-electron chi connectivity index (χ1n) is 6.51. The Bertz CT molecular complexity index is 170. The van der Waals surface area contributed by atoms with Crippen LogP contribution in [0.2, 0.25) is 0 Å². The van der Waals surface area contributed by atoms with E-state index in [0.29, 0.717) is 0 Å². The van der Waals surface area contributed by atoms with Gasteiger partial charge in [0.15, 0.2) is 0 Å². The topological polar surface area (TPSA) is 27.3 Å². The lowest BCUT2D eigenvalue weighted by atomic mass is 9.82. The lowest BCUT2D eigenvalue weighted by Crippen LogP contribution is -2.44. The zero-order valence-electron chi connectivity index (χ0n) is 9.97. The molecule has 15 heavy (non-hydrogen) atoms. The molecule has 0 atom stereocenters. The maximum Gasteiger partial charge on any atom is 0.0107 e. The van der Waals surface area contributed by atoms with E-state index in [2.05, 4.69) is 22.5 Å². The second-order valence-electron chi connectivity index (χ2n) is 5.17. The van der Waals surface area contributed by atoms with Crippen molar-refractivity contribution in [2.45, 2.75) is 32.2 Å². The summed E-state index contributed by atoms with van der Waals surface area (Å²) >= 11 is 0. The highest BCUT2D eigenvalue weighted by Crippen LogP contribution is 2.25. The second-order valence-corrected chi connectivity index (χ2v) is 5.17. The molecule has 1 aliphatic heterocycles. The molecule has 0 aromatic heterocycles. The number of nitrogens with one attached hydrogen (secondary N) is 2. The van der Waals surface area contributed by atoms with E-state index >= 15 is 0 Å². The molecule has 0 amide bonds. The van der Waals surface area contributed by atoms with Gasteiger partial charge >= 0.3 is 0 Å². The van der Waals surface area contributed by atoms with Crippen LogP contribution < -0.4 is 10.6 Å². The Kier molecular flexibility index (Phi) is 4.42. The van der Waals surface area contributed by atoms with Crippen LogP contribution in [0.25, 0.3) is 0 Å². The molecule has 2 N–H and O–H groups in total. The van der Waals surface area contributed by atoms with Crippen molar-refractivity contribution >= 4 is 0 Å². The summed E-state index contributed by atoms with van der Waals surface area (Å²) in [4.78, 5) is 2.58. The van der Waals surface area contributed by atoms with Crippen LogP contribution in [0.5, 0.6) is 0 Å². The first-order chi connectivity index (χ1) is 7.34. The third-order valence-electron chi connectivity index (χ3n) is 3.67. The molecule has 0 aromatic carbocycles. The van der Waals surface area contributed by atoms with Crippen molar-refractivity contribution in [1.29, 1.82) is 0 Å². The maximum atomic E-state index is 3.66. The zero-order valence-corrected chi connectivity index (χ0v) is 9.97. The Morgan fingerprint density at radius 1 is 1.27 bits per heavy atom. The van der Waals surface area contributed by atoms with Crippen molar-refractivity contribution in [2.75, 3.05) is 39.3 Å². The summed E-state index contributed by atoms with van der Waals surface area (Å²) in [5.74, 6) is 0.963. The van der Waals surface area contributed by atoms with E-state index in [0.717, 1.165) is 12.0 Å². The molecule has 3 nitrogen and oxygen atoms in total. The van der Waals surface area contributed by atoms with Gasteiger partial charge in [0.05, 0.1) is 0 Å². The molecular formula is C12H25N3. The summed E-state index contributed by atoms with van der Waals surface area (Å²) < 4.78 is 0. The molecule has 0 unspecified atom stereocenters. The predicted octanol–water partition coefficient (Wildman–Crippen LogP) is 0.670. The maximum absolute atomic E-state index is 3.66. The largest absolute Gasteiger partial charge is 0.315 e. The fourth-order valence-electron chi connectivity index (χ4n) is 2.62. The number of rotatable bonds is 4. The predicted molar refractivity (Wildman–Crippen MR) is 64.1 cm³/mol. The summed E-state index contributed by atoms with van der Waals surface area (Å²) in [6.45, 7) is 9.62. The fraction of sp³-hybridized carbons (Fsp3) is 1.00. The van der Waals surface area contributed by atoms with E-state index in [1.165, 1.54) is 58.5 Å². The quantitative estimate of drug-likeness (QED) is 0.716. The van der Waals surface area contributed by atoms with Gasteiger partial charge in [-0.2, -0.15) is 0 Å². The second kappa shape index (κ2) is 5.83. The number of hydrogen-bond acceptors (Lipinski definition) is 3. The Morgan fingerprint density at radius 3 is 2.93 bits per heavy atom. The molecule has 1 heterocycles. The zero-order chi connectivity index (χ0) is 10.5. The van der Waals surface area contributed by atoms with Crippen molar-refractivity contribution in [3.05, 3.63) is 0 Å². The van der Waals surface area contributed by atoms with Crippen molar-refractivity contribution in [1.82, 2.24) is 15.5 Å². The average Bonchev–Trinajstić information content (AvgIpc) is 2.43. The molecule has 0 bridgehead atoms. The van der Waals surface area contributed by atoms with Crippen LogP contribution in [0.1, 0.15) is 26.2 Å². The summed E-state index contributed by atoms with van der Waals surface area (Å²) in [6.07, 6.45) is 4.09. The van der Waals surface area contributed by atoms with Crippen LogP contribution in [-0.4, -0.2) is 50.2 Å². The van der Waals surface area contributed by atoms with Gasteiger partial charge in [0.2, 0.25) is 0 Å². The van der Waals surface area contributed by atoms with Crippen LogP contribution >= 0.6 is 0 Å². The van der Waals surface area contributed by atoms with Gasteiger partial charge < -0.3 is 15.5 Å². The van der Waals surface area contributed by atoms with Crippen LogP contribution in [0.4, 0.5) is 0 Å². The highest BCUT2D eigenvalue weighted by Gasteiger charge is 2.24. The van der Waals surface area contributed by atoms with Crippen molar-refractivity contribution in [2.24, 2.45) is 5.92 Å². The Labute approximate surface area is 93.6 Å². The van der Waals surface area contributed by atoms with Crippen molar-refractivity contribution in [3.63, 3.8) is 0 Å². The molecule has 1 saturated heterocycles. The standard InChI is InChI=1S/C12H25N3/c1-11-9-12(10-11)14-5-8-15-6-2-3-13-4-7-15/h11-14H,2-10H2,1H3. The van der Waals surface area contributed by atoms with E-state index in [1.807, 2.05) is 0 Å². The summed E-state index contributed by atoms with van der Waals surface area (Å²) in [5.41, 5.74) is 0. The molecule has 0 aromatic rings. The minimum Gasteiger partial charge on any atom is -0.315 e. The number of nitrogens with zero attached hydrogens (tertiary/aromatic N) is 1. The molecule has 2 fully saturated rings. The molecule has 3 heteroatoms. The van der Waals surface area contributed by atoms with Crippen molar-refractivity contribution < 1.29 is 0 Å². The number of hydrogen-bond donors (Lipinski definition) is 2. The van der Waals surface area contributed by atoms with E-state index < -0.39 is 0 Å². The van der Waals surface area contributed by atoms with E-state index in [1.54, 1.807) is 0 Å². The van der Waals surface area contributed by atoms with E-state index in [9.17, 15) is 0 Å². The third kappa shape index (κ3) is 3.74. The highest BCUT2D eigenvalue weighted by atomic mass is 15.2. The van der Waals surface area contributed by atoms with Crippen LogP contribution in [0.3, 0.4) is 0 Å². The minimum absolute atomic E-state index is 0.824. The van der Waals surface area contributed by atoms with Gasteiger partial charge in [-0.15, -0.1) is 0 Å². The van der Waals surface area contributed by atoms with Gasteiger partial charge in [-0.3, -0.25) is 0 Å². The SMILES string of the molecule is CC1CC(NCCN2CCCNCC2)C1. The highest BCUT2D eigenvalue weighted by molar-refractivity contribution is 4.82. The fourth-order valence-corrected chi connectivity index (χ4v) is 2.62. The monoisotopic (exact) mass is 211 g/mol. The Hall–Kier alpha value is -0.120. The van der Waals surface area contributed by atoms with Gasteiger partial charge in [0.25, 0.3) is 0 Å². The Morgan fingerprint density at radius 2 is 2.13 bits per heavy atom. The summed E-state index contributed by atoms with van der Waals surface area (Å²) in [5, 5.41) is 7.10. The van der Waals surface area contributed by atoms with Gasteiger partial charge in [-0.1, -0.05) is 6.92 Å². The molecule has 1 saturated carbocycles. The van der Waals surface area contributed by atoms with Crippen LogP contribution in [-0.2, 0) is 0 Å². The molecule has 88 valence electrons. The molecule has 2 rings (SSSR count). The lowest BCUT2D eigenvalue weighted by molar-refractivity contribution is 0.223. The van der Waals surface area contributed by atoms with Gasteiger partial charge in [-0.05, 0) is 38.3 Å². The van der Waals surface area contributed by atoms with E-state index in [4.69, 9.17) is 0 Å². The van der Waals surface area contributed by atoms with Crippen molar-refractivity contribution in [3.8, 4) is 0 Å². The van der Waals surface area contributed by atoms with Gasteiger partial charge in [0, 0.05) is 32.2 Å². The molecule has 0 spiro atoms. The first-order valence-corrected chi connectivity index (χ1v) is 6.51. The minimum atomic E-state index is 0.824. The lowest BCUT2D eigenvalue weighted by Gasteiger charge is -2.34. The average molecular weight is 211 g/mol. The summed E-state index contributed by atoms with van der Waals surface area (Å²) in [7, 11) is 0. The Balaban J connectivity index is 1.52. The smallest absolute Gasteiger partial charge is 0.0107 e. The first kappa shape index (κ1) is 11.4. The van der Waals surface area contributed by atoms with Gasteiger partial charge in [0.1, 0.15) is 0 Å². The third-order valence-corrected chi connectivity index (χ3v) is 3.67. The van der Waals surface area contributed by atoms with Crippen LogP contribution in [0.15, 0.2) is 0 Å². The molecule has 1 aliphatic carbocycles. The summed E-state index contributed by atoms with van der Waals surface area (Å²) in [6, 6.07) is 0.824. The van der Waals surface area contributed by atoms with E-state index in [-0.39, 0.29) is 0 Å². The normalized spacial score (nSPS) is 33.4. The van der Waals surface area contributed by atoms with Crippen LogP contribution in [0, 0.1) is 5.92 Å². The molecule has 0 radical (unpaired) electrons.